The van der Waals surface area contributed by atoms with Gasteiger partial charge in [-0.25, -0.2) is 0 Å². The molecule has 3 nitrogen and oxygen atoms in total. The van der Waals surface area contributed by atoms with Crippen LogP contribution in [0.15, 0.2) is 42.5 Å². The van der Waals surface area contributed by atoms with Crippen molar-refractivity contribution in [3.63, 3.8) is 0 Å². The fourth-order valence-electron chi connectivity index (χ4n) is 2.32. The Hall–Kier alpha value is -2.29. The number of hydrogen-bond donors (Lipinski definition) is 1. The van der Waals surface area contributed by atoms with Crippen LogP contribution in [0.1, 0.15) is 37.0 Å². The largest absolute Gasteiger partial charge is 0.481 e. The van der Waals surface area contributed by atoms with Crippen molar-refractivity contribution in [2.75, 3.05) is 5.32 Å². The van der Waals surface area contributed by atoms with E-state index in [1.165, 1.54) is 11.1 Å². The Morgan fingerprint density at radius 3 is 2.30 bits per heavy atom. The number of ether oxygens (including phenoxy) is 1. The van der Waals surface area contributed by atoms with Gasteiger partial charge in [-0.2, -0.15) is 0 Å². The number of benzene rings is 2. The number of anilines is 1. The van der Waals surface area contributed by atoms with Crippen molar-refractivity contribution in [1.82, 2.24) is 0 Å². The summed E-state index contributed by atoms with van der Waals surface area (Å²) in [6.07, 6.45) is 1.11. The molecular formula is C20H25NO2. The molecule has 0 fully saturated rings. The van der Waals surface area contributed by atoms with Gasteiger partial charge in [0.25, 0.3) is 5.91 Å². The Kier molecular flexibility index (Phi) is 5.80. The van der Waals surface area contributed by atoms with Crippen LogP contribution in [-0.4, -0.2) is 12.0 Å². The molecule has 0 radical (unpaired) electrons. The number of carbonyl (C=O) groups excluding carboxylic acids is 1. The molecule has 0 saturated heterocycles. The Balaban J connectivity index is 2.03. The van der Waals surface area contributed by atoms with E-state index < -0.39 is 6.10 Å². The minimum atomic E-state index is -0.497. The normalized spacial score (nSPS) is 11.8. The number of rotatable bonds is 6. The predicted octanol–water partition coefficient (Wildman–Crippen LogP) is 4.66. The fourth-order valence-corrected chi connectivity index (χ4v) is 2.32. The zero-order valence-electron chi connectivity index (χ0n) is 14.3. The third-order valence-electron chi connectivity index (χ3n) is 4.05. The number of aryl methyl sites for hydroxylation is 3. The third-order valence-corrected chi connectivity index (χ3v) is 4.05. The van der Waals surface area contributed by atoms with Gasteiger partial charge in [0.05, 0.1) is 0 Å². The second-order valence-corrected chi connectivity index (χ2v) is 5.80. The molecule has 0 heterocycles. The number of amides is 1. The lowest BCUT2D eigenvalue weighted by molar-refractivity contribution is -0.122. The summed E-state index contributed by atoms with van der Waals surface area (Å²) in [7, 11) is 0. The van der Waals surface area contributed by atoms with Crippen LogP contribution in [0.4, 0.5) is 5.69 Å². The third kappa shape index (κ3) is 4.59. The van der Waals surface area contributed by atoms with Crippen molar-refractivity contribution >= 4 is 11.6 Å². The molecular weight excluding hydrogens is 286 g/mol. The van der Waals surface area contributed by atoms with Gasteiger partial charge in [0.1, 0.15) is 5.75 Å². The molecule has 0 bridgehead atoms. The highest BCUT2D eigenvalue weighted by Crippen LogP contribution is 2.19. The van der Waals surface area contributed by atoms with E-state index in [1.54, 1.807) is 0 Å². The average Bonchev–Trinajstić information content (AvgIpc) is 2.56. The van der Waals surface area contributed by atoms with E-state index >= 15 is 0 Å². The highest BCUT2D eigenvalue weighted by molar-refractivity contribution is 5.94. The van der Waals surface area contributed by atoms with E-state index in [1.807, 2.05) is 56.3 Å². The lowest BCUT2D eigenvalue weighted by Gasteiger charge is -2.18. The van der Waals surface area contributed by atoms with Crippen LogP contribution < -0.4 is 10.1 Å². The molecule has 1 atom stereocenters. The molecule has 2 rings (SSSR count). The van der Waals surface area contributed by atoms with Gasteiger partial charge in [0, 0.05) is 5.69 Å². The van der Waals surface area contributed by atoms with Gasteiger partial charge in [0.2, 0.25) is 0 Å². The first kappa shape index (κ1) is 17.1. The quantitative estimate of drug-likeness (QED) is 0.842. The lowest BCUT2D eigenvalue weighted by Crippen LogP contribution is -2.32. The molecule has 0 unspecified atom stereocenters. The first-order valence-corrected chi connectivity index (χ1v) is 8.17. The Morgan fingerprint density at radius 1 is 1.04 bits per heavy atom. The lowest BCUT2D eigenvalue weighted by atomic mass is 10.1. The summed E-state index contributed by atoms with van der Waals surface area (Å²) in [6.45, 7) is 8.16. The van der Waals surface area contributed by atoms with E-state index in [-0.39, 0.29) is 5.91 Å². The van der Waals surface area contributed by atoms with Crippen molar-refractivity contribution in [2.45, 2.75) is 46.6 Å². The molecule has 2 aromatic carbocycles. The molecule has 23 heavy (non-hydrogen) atoms. The van der Waals surface area contributed by atoms with Crippen LogP contribution >= 0.6 is 0 Å². The second-order valence-electron chi connectivity index (χ2n) is 5.80. The molecule has 0 aromatic heterocycles. The number of nitrogens with one attached hydrogen (secondary N) is 1. The van der Waals surface area contributed by atoms with E-state index in [4.69, 9.17) is 4.74 Å². The van der Waals surface area contributed by atoms with Gasteiger partial charge in [-0.3, -0.25) is 4.79 Å². The summed E-state index contributed by atoms with van der Waals surface area (Å²) in [4.78, 5) is 12.4. The van der Waals surface area contributed by atoms with Crippen molar-refractivity contribution in [1.29, 1.82) is 0 Å². The van der Waals surface area contributed by atoms with Crippen LogP contribution in [-0.2, 0) is 11.2 Å². The minimum Gasteiger partial charge on any atom is -0.481 e. The summed E-state index contributed by atoms with van der Waals surface area (Å²) < 4.78 is 5.87. The highest BCUT2D eigenvalue weighted by Gasteiger charge is 2.18. The maximum atomic E-state index is 12.4. The summed E-state index contributed by atoms with van der Waals surface area (Å²) >= 11 is 0. The number of carbonyl (C=O) groups is 1. The average molecular weight is 311 g/mol. The van der Waals surface area contributed by atoms with Crippen LogP contribution in [0.2, 0.25) is 0 Å². The van der Waals surface area contributed by atoms with Gasteiger partial charge in [-0.15, -0.1) is 0 Å². The standard InChI is InChI=1S/C20H25NO2/c1-5-16-8-10-17(11-9-16)21-20(22)19(6-2)23-18-12-7-14(3)15(4)13-18/h7-13,19H,5-6H2,1-4H3,(H,21,22)/t19-/m1/s1. The zero-order valence-corrected chi connectivity index (χ0v) is 14.3. The monoisotopic (exact) mass is 311 g/mol. The topological polar surface area (TPSA) is 38.3 Å². The van der Waals surface area contributed by atoms with Crippen molar-refractivity contribution in [2.24, 2.45) is 0 Å². The van der Waals surface area contributed by atoms with Gasteiger partial charge in [-0.1, -0.05) is 32.0 Å². The molecule has 0 saturated carbocycles. The van der Waals surface area contributed by atoms with Gasteiger partial charge in [-0.05, 0) is 67.6 Å². The van der Waals surface area contributed by atoms with Crippen LogP contribution in [0.5, 0.6) is 5.75 Å². The minimum absolute atomic E-state index is 0.116. The molecule has 0 aliphatic carbocycles. The van der Waals surface area contributed by atoms with Gasteiger partial charge < -0.3 is 10.1 Å². The van der Waals surface area contributed by atoms with E-state index in [9.17, 15) is 4.79 Å². The zero-order chi connectivity index (χ0) is 16.8. The van der Waals surface area contributed by atoms with Crippen molar-refractivity contribution in [3.8, 4) is 5.75 Å². The van der Waals surface area contributed by atoms with Crippen LogP contribution in [0.25, 0.3) is 0 Å². The van der Waals surface area contributed by atoms with E-state index in [2.05, 4.69) is 19.2 Å². The molecule has 0 aliphatic rings. The molecule has 0 spiro atoms. The van der Waals surface area contributed by atoms with E-state index in [0.717, 1.165) is 23.4 Å². The van der Waals surface area contributed by atoms with Gasteiger partial charge in [0.15, 0.2) is 6.10 Å². The predicted molar refractivity (Wildman–Crippen MR) is 95.1 cm³/mol. The second kappa shape index (κ2) is 7.82. The molecule has 1 N–H and O–H groups in total. The molecule has 2 aromatic rings. The van der Waals surface area contributed by atoms with Crippen molar-refractivity contribution < 1.29 is 9.53 Å². The van der Waals surface area contributed by atoms with Crippen molar-refractivity contribution in [3.05, 3.63) is 59.2 Å². The summed E-state index contributed by atoms with van der Waals surface area (Å²) in [5.41, 5.74) is 4.43. The first-order chi connectivity index (χ1) is 11.0. The summed E-state index contributed by atoms with van der Waals surface area (Å²) in [6, 6.07) is 13.8. The molecule has 0 aliphatic heterocycles. The Labute approximate surface area is 138 Å². The van der Waals surface area contributed by atoms with Crippen LogP contribution in [0.3, 0.4) is 0 Å². The van der Waals surface area contributed by atoms with Crippen LogP contribution in [0, 0.1) is 13.8 Å². The number of hydrogen-bond acceptors (Lipinski definition) is 2. The summed E-state index contributed by atoms with van der Waals surface area (Å²) in [5.74, 6) is 0.617. The maximum Gasteiger partial charge on any atom is 0.265 e. The van der Waals surface area contributed by atoms with E-state index in [0.29, 0.717) is 6.42 Å². The summed E-state index contributed by atoms with van der Waals surface area (Å²) in [5, 5.41) is 2.93. The molecule has 122 valence electrons. The molecule has 1 amide bonds. The fraction of sp³-hybridized carbons (Fsp3) is 0.350. The smallest absolute Gasteiger partial charge is 0.265 e. The maximum absolute atomic E-state index is 12.4. The Morgan fingerprint density at radius 2 is 1.74 bits per heavy atom. The first-order valence-electron chi connectivity index (χ1n) is 8.17. The molecule has 3 heteroatoms. The highest BCUT2D eigenvalue weighted by atomic mass is 16.5. The van der Waals surface area contributed by atoms with Gasteiger partial charge >= 0.3 is 0 Å². The SMILES string of the molecule is CCc1ccc(NC(=O)[C@@H](CC)Oc2ccc(C)c(C)c2)cc1. The Bertz CT molecular complexity index is 662.